The zero-order chi connectivity index (χ0) is 98.7. The van der Waals surface area contributed by atoms with Gasteiger partial charge in [0, 0.05) is 118 Å². The molecule has 2 aliphatic heterocycles. The smallest absolute Gasteiger partial charge is 0.410 e. The number of ether oxygens (including phenoxy) is 13. The number of urea groups is 1. The highest BCUT2D eigenvalue weighted by Crippen LogP contribution is 2.72. The SMILES string of the molecule is COCCOCCOCCOCCOCCOCCOCCOCCOCCOCCOCCN(CCC(=O)C[C@H](C(=O)N[C@@H](CCCNC(N)=O)C(=O)Nc1ccc(COC(=O)N(CCOC23CC4(C)CC(C)(CC(Cn5ncc(-c6ccc(N7CCc8cccc(C(=O)Nc9nc%10ccccc%10s9)c8C7)nc6C(=O)O)c5C)(C4)C2)C3)CCS(=O)(=O)O)cc1)C(C)C)C(=O)CN1C(=O)C=CC1=O. The van der Waals surface area contributed by atoms with Crippen molar-refractivity contribution in [3.05, 3.63) is 131 Å². The molecule has 3 aromatic heterocycles. The van der Waals surface area contributed by atoms with Crippen LogP contribution in [0.25, 0.3) is 21.3 Å². The molecule has 5 heterocycles. The van der Waals surface area contributed by atoms with Gasteiger partial charge in [-0.1, -0.05) is 75.4 Å². The van der Waals surface area contributed by atoms with E-state index in [1.54, 1.807) is 63.6 Å². The first-order valence-corrected chi connectivity index (χ1v) is 49.4. The van der Waals surface area contributed by atoms with Crippen LogP contribution < -0.4 is 31.9 Å². The van der Waals surface area contributed by atoms with Gasteiger partial charge in [0.05, 0.1) is 173 Å². The molecule has 0 spiro atoms. The van der Waals surface area contributed by atoms with Crippen LogP contribution in [0, 0.1) is 35.0 Å². The van der Waals surface area contributed by atoms with Crippen molar-refractivity contribution in [2.24, 2.45) is 33.8 Å². The summed E-state index contributed by atoms with van der Waals surface area (Å²) in [5.41, 5.74) is 9.62. The van der Waals surface area contributed by atoms with Gasteiger partial charge in [0.15, 0.2) is 10.8 Å². The number of methoxy groups -OCH3 is 1. The number of rotatable bonds is 65. The molecule has 8 N–H and O–H groups in total. The second kappa shape index (κ2) is 53.3. The largest absolute Gasteiger partial charge is 0.476 e. The van der Waals surface area contributed by atoms with Crippen LogP contribution in [-0.2, 0) is 127 Å². The maximum absolute atomic E-state index is 14.3. The highest BCUT2D eigenvalue weighted by Gasteiger charge is 2.66. The van der Waals surface area contributed by atoms with Crippen LogP contribution in [0.15, 0.2) is 97.2 Å². The number of hydrogen-bond donors (Lipinski definition) is 7. The summed E-state index contributed by atoms with van der Waals surface area (Å²) in [6, 6.07) is 21.2. The number of carboxylic acids is 1. The molecule has 40 nitrogen and oxygen atoms in total. The van der Waals surface area contributed by atoms with Gasteiger partial charge in [-0.3, -0.25) is 53.0 Å². The van der Waals surface area contributed by atoms with E-state index in [1.807, 2.05) is 59.0 Å². The molecule has 6 aromatic rings. The number of benzene rings is 3. The molecule has 12 rings (SSSR count). The number of carbonyl (C=O) groups is 10. The number of pyridine rings is 1. The number of aromatic carboxylic acids is 1. The number of nitrogens with zero attached hydrogens (tertiary/aromatic N) is 8. The minimum Gasteiger partial charge on any atom is -0.476 e. The van der Waals surface area contributed by atoms with E-state index in [2.05, 4.69) is 40.1 Å². The molecule has 4 aliphatic carbocycles. The highest BCUT2D eigenvalue weighted by atomic mass is 32.2. The Hall–Kier alpha value is -10.4. The van der Waals surface area contributed by atoms with Crippen LogP contribution >= 0.6 is 11.3 Å². The number of fused-ring (bicyclic) bond motifs is 2. The fourth-order valence-corrected chi connectivity index (χ4v) is 20.7. The number of nitrogens with two attached hydrogens (primary N) is 1. The first-order chi connectivity index (χ1) is 66.3. The van der Waals surface area contributed by atoms with Crippen LogP contribution in [0.5, 0.6) is 0 Å². The highest BCUT2D eigenvalue weighted by molar-refractivity contribution is 7.85. The van der Waals surface area contributed by atoms with Gasteiger partial charge in [0.25, 0.3) is 27.8 Å². The quantitative estimate of drug-likeness (QED) is 0.0108. The van der Waals surface area contributed by atoms with Crippen LogP contribution in [0.3, 0.4) is 0 Å². The molecule has 2 unspecified atom stereocenters. The first kappa shape index (κ1) is 108. The third kappa shape index (κ3) is 33.4. The normalized spacial score (nSPS) is 18.6. The molecule has 4 atom stereocenters. The summed E-state index contributed by atoms with van der Waals surface area (Å²) in [5, 5.41) is 27.3. The Morgan fingerprint density at radius 1 is 0.638 bits per heavy atom. The van der Waals surface area contributed by atoms with Gasteiger partial charge in [-0.2, -0.15) is 13.5 Å². The lowest BCUT2D eigenvalue weighted by Crippen LogP contribution is -2.64. The summed E-state index contributed by atoms with van der Waals surface area (Å²) in [4.78, 5) is 149. The minimum absolute atomic E-state index is 0.000780. The Balaban J connectivity index is 0.607. The van der Waals surface area contributed by atoms with Crippen molar-refractivity contribution >= 4 is 108 Å². The first-order valence-electron chi connectivity index (χ1n) is 46.9. The van der Waals surface area contributed by atoms with E-state index >= 15 is 0 Å². The van der Waals surface area contributed by atoms with Gasteiger partial charge >= 0.3 is 18.1 Å². The van der Waals surface area contributed by atoms with E-state index < -0.39 is 106 Å². The number of nitrogens with one attached hydrogen (secondary N) is 4. The number of thiazole rings is 1. The lowest BCUT2D eigenvalue weighted by molar-refractivity contribution is -0.248. The molecule has 756 valence electrons. The number of carboxylic acid groups (broad SMARTS) is 1. The fraction of sp³-hybridized carbons (Fsp3) is 0.594. The molecule has 9 amide bonds. The van der Waals surface area contributed by atoms with Gasteiger partial charge in [0.2, 0.25) is 17.7 Å². The maximum atomic E-state index is 14.3. The predicted octanol–water partition coefficient (Wildman–Crippen LogP) is 8.10. The Labute approximate surface area is 808 Å². The average molecular weight is 1970 g/mol. The fourth-order valence-electron chi connectivity index (χ4n) is 19.4. The van der Waals surface area contributed by atoms with Gasteiger partial charge in [-0.05, 0) is 146 Å². The number of imide groups is 1. The van der Waals surface area contributed by atoms with E-state index in [-0.39, 0.29) is 125 Å². The van der Waals surface area contributed by atoms with Crippen LogP contribution in [-0.4, -0.2) is 328 Å². The van der Waals surface area contributed by atoms with Gasteiger partial charge < -0.3 is 103 Å². The molecular weight excluding hydrogens is 1830 g/mol. The Kier molecular flexibility index (Phi) is 41.7. The van der Waals surface area contributed by atoms with Gasteiger partial charge in [-0.25, -0.2) is 24.4 Å². The topological polar surface area (TPSA) is 496 Å². The summed E-state index contributed by atoms with van der Waals surface area (Å²) in [6.07, 6.45) is 8.06. The van der Waals surface area contributed by atoms with Crippen molar-refractivity contribution < 1.29 is 128 Å². The van der Waals surface area contributed by atoms with Crippen molar-refractivity contribution in [2.45, 2.75) is 137 Å². The zero-order valence-electron chi connectivity index (χ0n) is 79.7. The average Bonchev–Trinajstić information content (AvgIpc) is 0.791. The zero-order valence-corrected chi connectivity index (χ0v) is 81.3. The molecular formula is C96H133N13O27S2. The Morgan fingerprint density at radius 2 is 1.22 bits per heavy atom. The van der Waals surface area contributed by atoms with Crippen molar-refractivity contribution in [2.75, 3.05) is 220 Å². The third-order valence-electron chi connectivity index (χ3n) is 24.9. The van der Waals surface area contributed by atoms with Crippen molar-refractivity contribution in [1.29, 1.82) is 0 Å². The number of anilines is 3. The predicted molar refractivity (Wildman–Crippen MR) is 508 cm³/mol. The summed E-state index contributed by atoms with van der Waals surface area (Å²) < 4.78 is 110. The van der Waals surface area contributed by atoms with Crippen LogP contribution in [0.1, 0.15) is 135 Å². The van der Waals surface area contributed by atoms with E-state index in [0.717, 1.165) is 76.2 Å². The number of ketones is 1. The summed E-state index contributed by atoms with van der Waals surface area (Å²) in [6.45, 7) is 17.9. The molecule has 4 bridgehead atoms. The number of para-hydroxylation sites is 1. The van der Waals surface area contributed by atoms with E-state index in [0.29, 0.717) is 178 Å². The van der Waals surface area contributed by atoms with Crippen molar-refractivity contribution in [1.82, 2.24) is 45.1 Å². The number of Topliss-reactive ketones (excluding diaryl/α,β-unsaturated/α-hetero) is 1. The molecule has 0 radical (unpaired) electrons. The number of aromatic nitrogens is 4. The Bertz CT molecular complexity index is 5140. The molecule has 138 heavy (non-hydrogen) atoms. The van der Waals surface area contributed by atoms with Gasteiger partial charge in [-0.15, -0.1) is 0 Å². The van der Waals surface area contributed by atoms with Crippen molar-refractivity contribution in [3.8, 4) is 11.1 Å². The number of carbonyl (C=O) groups excluding carboxylic acids is 9. The van der Waals surface area contributed by atoms with E-state index in [1.165, 1.54) is 21.1 Å². The van der Waals surface area contributed by atoms with Crippen LogP contribution in [0.4, 0.5) is 26.2 Å². The van der Waals surface area contributed by atoms with E-state index in [4.69, 9.17) is 77.4 Å². The third-order valence-corrected chi connectivity index (χ3v) is 26.5. The molecule has 4 fully saturated rings. The minimum atomic E-state index is -4.55. The molecule has 0 saturated heterocycles. The summed E-state index contributed by atoms with van der Waals surface area (Å²) in [5.74, 6) is -6.86. The van der Waals surface area contributed by atoms with E-state index in [9.17, 15) is 66.0 Å². The van der Waals surface area contributed by atoms with Crippen LogP contribution in [0.2, 0.25) is 0 Å². The van der Waals surface area contributed by atoms with Gasteiger partial charge in [0.1, 0.15) is 30.8 Å². The summed E-state index contributed by atoms with van der Waals surface area (Å²) >= 11 is 1.39. The standard InChI is InChI=1S/C96H133N13O27S2/c1-67(2)75(55-72(110)25-28-105(84(113)58-108-82(111)22-23-83(108)112)29-32-125-36-37-127-40-41-129-44-45-131-48-49-133-52-53-134-51-50-132-47-46-130-43-42-128-39-38-126-35-34-124-6)87(115)101-79(14-10-26-98-90(97)119)88(116)100-71-18-16-69(17-19-71)59-135-92(120)106(31-54-138(121,122)123)30-33-136-96-63-93(4)60-94(5,64-96)62-95(61-93,65-96)66-109-68(3)76(56-99-109)73-20-21-81(103-85(73)89(117)118)107-27-24-70-11-9-12-74(77(70)57-107)86(114)104-91-102-78-13-7-8-15-80(78)137-91/h7-9,11-13,15-23,56,67,75,79H,10,14,24-55,57-66H2,1-6H3,(H,100,116)(H,101,115)(H,117,118)(H3,97,98,119)(H,102,104,114)(H,121,122,123)/t75-,79-,93?,94?,95?,96?/m0/s1. The lowest BCUT2D eigenvalue weighted by Gasteiger charge is -2.69. The molecule has 3 aromatic carbocycles. The summed E-state index contributed by atoms with van der Waals surface area (Å²) in [7, 11) is -2.93. The molecule has 4 saturated carbocycles. The maximum Gasteiger partial charge on any atom is 0.410 e. The lowest BCUT2D eigenvalue weighted by atomic mass is 9.39. The molecule has 6 aliphatic rings. The second-order valence-electron chi connectivity index (χ2n) is 36.4. The number of primary amides is 1. The Morgan fingerprint density at radius 3 is 1.80 bits per heavy atom. The molecule has 42 heteroatoms. The van der Waals surface area contributed by atoms with Crippen molar-refractivity contribution in [3.63, 3.8) is 0 Å². The number of amides is 9. The second-order valence-corrected chi connectivity index (χ2v) is 39.0. The number of hydrogen-bond acceptors (Lipinski definition) is 30. The monoisotopic (exact) mass is 1960 g/mol.